The van der Waals surface area contributed by atoms with Gasteiger partial charge in [-0.2, -0.15) is 0 Å². The molecule has 192 valence electrons. The molecule has 2 aromatic rings. The second kappa shape index (κ2) is 15.8. The maximum Gasteiger partial charge on any atom is 0.261 e. The van der Waals surface area contributed by atoms with Crippen molar-refractivity contribution in [1.29, 1.82) is 5.26 Å². The molecule has 0 bridgehead atoms. The molecule has 8 heteroatoms. The molecule has 0 spiro atoms. The predicted molar refractivity (Wildman–Crippen MR) is 148 cm³/mol. The molecule has 36 heavy (non-hydrogen) atoms. The van der Waals surface area contributed by atoms with Crippen LogP contribution in [0.2, 0.25) is 0 Å². The van der Waals surface area contributed by atoms with E-state index in [1.807, 2.05) is 26.1 Å². The van der Waals surface area contributed by atoms with Crippen LogP contribution in [0.1, 0.15) is 73.4 Å². The average Bonchev–Trinajstić information content (AvgIpc) is 2.90. The number of nitrogens with zero attached hydrogens (tertiary/aromatic N) is 3. The molecule has 1 saturated carbocycles. The maximum atomic E-state index is 12.7. The first-order chi connectivity index (χ1) is 17.4. The van der Waals surface area contributed by atoms with Gasteiger partial charge in [-0.3, -0.25) is 9.59 Å². The highest BCUT2D eigenvalue weighted by molar-refractivity contribution is 6.03. The van der Waals surface area contributed by atoms with Crippen LogP contribution in [-0.4, -0.2) is 41.3 Å². The van der Waals surface area contributed by atoms with Crippen LogP contribution in [0.3, 0.4) is 0 Å². The number of amidine groups is 1. The van der Waals surface area contributed by atoms with Crippen LogP contribution in [0.5, 0.6) is 0 Å². The number of carbonyl (C=O) groups is 1. The Morgan fingerprint density at radius 2 is 1.89 bits per heavy atom. The molecule has 0 radical (unpaired) electrons. The van der Waals surface area contributed by atoms with Crippen LogP contribution in [0.4, 0.5) is 11.4 Å². The molecule has 1 amide bonds. The zero-order valence-corrected chi connectivity index (χ0v) is 21.6. The quantitative estimate of drug-likeness (QED) is 0.280. The first kappa shape index (κ1) is 30.0. The van der Waals surface area contributed by atoms with Crippen LogP contribution in [0.25, 0.3) is 0 Å². The second-order valence-corrected chi connectivity index (χ2v) is 8.65. The molecule has 0 aliphatic heterocycles. The predicted octanol–water partition coefficient (Wildman–Crippen LogP) is 4.73. The van der Waals surface area contributed by atoms with E-state index in [0.717, 1.165) is 37.8 Å². The summed E-state index contributed by atoms with van der Waals surface area (Å²) in [6.45, 7) is 8.23. The summed E-state index contributed by atoms with van der Waals surface area (Å²) in [6, 6.07) is 7.56. The lowest BCUT2D eigenvalue weighted by molar-refractivity contribution is 0.0792. The number of aromatic nitrogens is 1. The Morgan fingerprint density at radius 3 is 2.50 bits per heavy atom. The molecule has 1 heterocycles. The van der Waals surface area contributed by atoms with E-state index < -0.39 is 0 Å². The fraction of sp³-hybridized carbons (Fsp3) is 0.429. The minimum absolute atomic E-state index is 0.00192. The van der Waals surface area contributed by atoms with Gasteiger partial charge in [-0.15, -0.1) is 12.8 Å². The minimum Gasteiger partial charge on any atom is -0.383 e. The number of nitriles is 1. The van der Waals surface area contributed by atoms with Gasteiger partial charge in [0.05, 0.1) is 11.4 Å². The zero-order chi connectivity index (χ0) is 27.1. The van der Waals surface area contributed by atoms with Gasteiger partial charge in [0, 0.05) is 38.0 Å². The van der Waals surface area contributed by atoms with Crippen molar-refractivity contribution in [3.8, 4) is 19.4 Å². The van der Waals surface area contributed by atoms with Crippen molar-refractivity contribution < 1.29 is 4.79 Å². The lowest BCUT2D eigenvalue weighted by atomic mass is 9.95. The molecule has 0 saturated heterocycles. The van der Waals surface area contributed by atoms with Crippen LogP contribution in [0, 0.1) is 31.6 Å². The number of nitrogens with one attached hydrogen (secondary N) is 2. The fourth-order valence-corrected chi connectivity index (χ4v) is 4.17. The van der Waals surface area contributed by atoms with Gasteiger partial charge in [-0.25, -0.2) is 10.3 Å². The number of H-pyrrole nitrogens is 1. The minimum atomic E-state index is -0.270. The Balaban J connectivity index is 0.00000154. The van der Waals surface area contributed by atoms with Gasteiger partial charge in [0.25, 0.3) is 11.5 Å². The van der Waals surface area contributed by atoms with Crippen molar-refractivity contribution >= 4 is 23.1 Å². The Hall–Kier alpha value is -4.04. The number of amides is 1. The monoisotopic (exact) mass is 490 g/mol. The number of unbranched alkanes of at least 4 members (excludes halogenated alkanes) is 1. The molecule has 1 fully saturated rings. The summed E-state index contributed by atoms with van der Waals surface area (Å²) in [5, 5.41) is 9.99. The van der Waals surface area contributed by atoms with Crippen molar-refractivity contribution in [2.75, 3.05) is 18.9 Å². The van der Waals surface area contributed by atoms with Gasteiger partial charge in [-0.1, -0.05) is 32.6 Å². The molecular formula is C28H38N6O2. The van der Waals surface area contributed by atoms with Gasteiger partial charge in [0.2, 0.25) is 0 Å². The van der Waals surface area contributed by atoms with Gasteiger partial charge < -0.3 is 20.9 Å². The van der Waals surface area contributed by atoms with E-state index >= 15 is 0 Å². The molecule has 4 N–H and O–H groups in total. The van der Waals surface area contributed by atoms with E-state index in [0.29, 0.717) is 28.5 Å². The molecule has 1 aromatic carbocycles. The third-order valence-electron chi connectivity index (χ3n) is 6.07. The highest BCUT2D eigenvalue weighted by atomic mass is 16.2. The van der Waals surface area contributed by atoms with Gasteiger partial charge >= 0.3 is 0 Å². The normalized spacial score (nSPS) is 13.4. The first-order valence-corrected chi connectivity index (χ1v) is 12.2. The van der Waals surface area contributed by atoms with E-state index in [-0.39, 0.29) is 17.3 Å². The molecule has 1 aliphatic rings. The number of aromatic amines is 1. The number of terminal acetylenes is 1. The number of nitrogens with two attached hydrogens (primary N) is 1. The number of carbonyl (C=O) groups excluding carboxylic acids is 1. The van der Waals surface area contributed by atoms with Crippen LogP contribution in [-0.2, 0) is 0 Å². The SMILES string of the molecule is C#C.C#N.CCCCN(C)C(=O)c1ccc(N=C(N)c2c(NC3CCCCC3)cc[nH]c2=O)cc1C. The lowest BCUT2D eigenvalue weighted by Gasteiger charge is -2.24. The molecule has 0 atom stereocenters. The third kappa shape index (κ3) is 8.32. The topological polar surface area (TPSA) is 127 Å². The van der Waals surface area contributed by atoms with Gasteiger partial charge in [0.1, 0.15) is 11.4 Å². The second-order valence-electron chi connectivity index (χ2n) is 8.65. The Morgan fingerprint density at radius 1 is 1.22 bits per heavy atom. The molecular weight excluding hydrogens is 452 g/mol. The van der Waals surface area contributed by atoms with Crippen molar-refractivity contribution in [2.45, 2.75) is 64.8 Å². The van der Waals surface area contributed by atoms with Crippen LogP contribution >= 0.6 is 0 Å². The fourth-order valence-electron chi connectivity index (χ4n) is 4.17. The number of anilines is 1. The number of aryl methyl sites for hydroxylation is 1. The van der Waals surface area contributed by atoms with Crippen LogP contribution in [0.15, 0.2) is 40.2 Å². The molecule has 1 aliphatic carbocycles. The number of hydrogen-bond donors (Lipinski definition) is 3. The van der Waals surface area contributed by atoms with Gasteiger partial charge in [-0.05, 0) is 56.0 Å². The maximum absolute atomic E-state index is 12.7. The number of hydrogen-bond acceptors (Lipinski definition) is 5. The molecule has 3 rings (SSSR count). The van der Waals surface area contributed by atoms with E-state index in [1.165, 1.54) is 19.3 Å². The van der Waals surface area contributed by atoms with E-state index in [9.17, 15) is 9.59 Å². The van der Waals surface area contributed by atoms with Crippen LogP contribution < -0.4 is 16.6 Å². The Labute approximate surface area is 214 Å². The summed E-state index contributed by atoms with van der Waals surface area (Å²) in [5.74, 6) is 0.154. The first-order valence-electron chi connectivity index (χ1n) is 12.2. The van der Waals surface area contributed by atoms with E-state index in [4.69, 9.17) is 11.0 Å². The largest absolute Gasteiger partial charge is 0.383 e. The van der Waals surface area contributed by atoms with Crippen molar-refractivity contribution in [3.05, 3.63) is 57.5 Å². The number of aliphatic imine (C=N–C) groups is 1. The highest BCUT2D eigenvalue weighted by Crippen LogP contribution is 2.24. The molecule has 0 unspecified atom stereocenters. The summed E-state index contributed by atoms with van der Waals surface area (Å²) >= 11 is 0. The molecule has 1 aromatic heterocycles. The summed E-state index contributed by atoms with van der Waals surface area (Å²) in [5.41, 5.74) is 9.19. The third-order valence-corrected chi connectivity index (χ3v) is 6.07. The molecule has 8 nitrogen and oxygen atoms in total. The number of rotatable bonds is 8. The highest BCUT2D eigenvalue weighted by Gasteiger charge is 2.18. The zero-order valence-electron chi connectivity index (χ0n) is 21.6. The van der Waals surface area contributed by atoms with E-state index in [2.05, 4.69) is 41.6 Å². The van der Waals surface area contributed by atoms with E-state index in [1.54, 1.807) is 23.2 Å². The Bertz CT molecular complexity index is 1100. The standard InChI is InChI=1S/C25H35N5O2.C2H2.CHN/c1-4-5-15-30(3)25(32)20-12-11-19(16-17(20)2)29-23(26)22-21(13-14-27-24(22)31)28-18-9-7-6-8-10-18;2*1-2/h11-14,16,18H,4-10,15H2,1-3H3,(H2,26,29)(H2,27,28,31);1-2H;1H. The van der Waals surface area contributed by atoms with Crippen molar-refractivity contribution in [1.82, 2.24) is 9.88 Å². The van der Waals surface area contributed by atoms with Crippen molar-refractivity contribution in [2.24, 2.45) is 10.7 Å². The smallest absolute Gasteiger partial charge is 0.261 e. The number of pyridine rings is 1. The number of benzene rings is 1. The van der Waals surface area contributed by atoms with Crippen molar-refractivity contribution in [3.63, 3.8) is 0 Å². The summed E-state index contributed by atoms with van der Waals surface area (Å²) in [6.07, 6.45) is 17.5. The Kier molecular flexibility index (Phi) is 13.1. The average molecular weight is 491 g/mol. The lowest BCUT2D eigenvalue weighted by Crippen LogP contribution is -2.29. The summed E-state index contributed by atoms with van der Waals surface area (Å²) in [7, 11) is 1.82. The summed E-state index contributed by atoms with van der Waals surface area (Å²) < 4.78 is 0. The summed E-state index contributed by atoms with van der Waals surface area (Å²) in [4.78, 5) is 34.3. The van der Waals surface area contributed by atoms with Gasteiger partial charge in [0.15, 0.2) is 0 Å².